The predicted octanol–water partition coefficient (Wildman–Crippen LogP) is 3.26. The Morgan fingerprint density at radius 2 is 2.43 bits per heavy atom. The third-order valence-corrected chi connectivity index (χ3v) is 4.03. The Labute approximate surface area is 94.5 Å². The van der Waals surface area contributed by atoms with Crippen molar-refractivity contribution in [1.29, 1.82) is 0 Å². The van der Waals surface area contributed by atoms with Crippen LogP contribution in [-0.2, 0) is 6.42 Å². The van der Waals surface area contributed by atoms with Crippen LogP contribution >= 0.6 is 23.1 Å². The molecule has 0 aliphatic heterocycles. The minimum Gasteiger partial charge on any atom is -0.361 e. The molecule has 1 atom stereocenters. The van der Waals surface area contributed by atoms with Crippen molar-refractivity contribution >= 4 is 28.2 Å². The van der Waals surface area contributed by atoms with Crippen LogP contribution in [-0.4, -0.2) is 23.0 Å². The number of thiazole rings is 1. The number of nitrogens with zero attached hydrogens (tertiary/aromatic N) is 1. The topological polar surface area (TPSA) is 24.9 Å². The third-order valence-electron chi connectivity index (χ3n) is 2.14. The van der Waals surface area contributed by atoms with E-state index in [1.54, 1.807) is 11.3 Å². The molecule has 0 spiro atoms. The van der Waals surface area contributed by atoms with E-state index in [-0.39, 0.29) is 0 Å². The first kappa shape index (κ1) is 11.9. The summed E-state index contributed by atoms with van der Waals surface area (Å²) in [6, 6.07) is 0. The van der Waals surface area contributed by atoms with E-state index in [2.05, 4.69) is 35.8 Å². The lowest BCUT2D eigenvalue weighted by molar-refractivity contribution is 0.851. The normalized spacial score (nSPS) is 12.8. The molecule has 0 aromatic carbocycles. The third kappa shape index (κ3) is 3.88. The Balaban J connectivity index is 2.24. The zero-order chi connectivity index (χ0) is 10.4. The summed E-state index contributed by atoms with van der Waals surface area (Å²) in [5.74, 6) is 0. The van der Waals surface area contributed by atoms with E-state index >= 15 is 0 Å². The number of hydrogen-bond acceptors (Lipinski definition) is 4. The second-order valence-corrected chi connectivity index (χ2v) is 5.39. The molecule has 2 nitrogen and oxygen atoms in total. The van der Waals surface area contributed by atoms with E-state index in [0.717, 1.165) is 23.3 Å². The minimum atomic E-state index is 0.730. The van der Waals surface area contributed by atoms with Gasteiger partial charge in [-0.3, -0.25) is 0 Å². The minimum absolute atomic E-state index is 0.730. The highest BCUT2D eigenvalue weighted by molar-refractivity contribution is 7.99. The number of thioether (sulfide) groups is 1. The van der Waals surface area contributed by atoms with Gasteiger partial charge in [-0.25, -0.2) is 4.98 Å². The number of hydrogen-bond donors (Lipinski definition) is 1. The second kappa shape index (κ2) is 6.30. The summed E-state index contributed by atoms with van der Waals surface area (Å²) in [5, 5.41) is 7.28. The zero-order valence-electron chi connectivity index (χ0n) is 9.04. The Bertz CT molecular complexity index is 260. The van der Waals surface area contributed by atoms with Gasteiger partial charge in [0, 0.05) is 17.2 Å². The maximum Gasteiger partial charge on any atom is 0.182 e. The van der Waals surface area contributed by atoms with E-state index in [1.165, 1.54) is 12.1 Å². The van der Waals surface area contributed by atoms with Crippen LogP contribution in [0, 0.1) is 0 Å². The fourth-order valence-electron chi connectivity index (χ4n) is 1.05. The standard InChI is InChI=1S/C10H18N2S2/c1-4-9-7-14-10(12-9)11-6-5-8(2)13-3/h7-8H,4-6H2,1-3H3,(H,11,12). The molecule has 1 N–H and O–H groups in total. The molecule has 1 rings (SSSR count). The van der Waals surface area contributed by atoms with Crippen molar-refractivity contribution in [3.8, 4) is 0 Å². The second-order valence-electron chi connectivity index (χ2n) is 3.26. The van der Waals surface area contributed by atoms with Crippen molar-refractivity contribution < 1.29 is 0 Å². The zero-order valence-corrected chi connectivity index (χ0v) is 10.7. The highest BCUT2D eigenvalue weighted by Gasteiger charge is 2.01. The maximum atomic E-state index is 4.45. The number of rotatable bonds is 6. The number of anilines is 1. The van der Waals surface area contributed by atoms with E-state index in [4.69, 9.17) is 0 Å². The molecule has 1 aromatic heterocycles. The SMILES string of the molecule is CCc1csc(NCCC(C)SC)n1. The summed E-state index contributed by atoms with van der Waals surface area (Å²) in [7, 11) is 0. The van der Waals surface area contributed by atoms with E-state index in [1.807, 2.05) is 11.8 Å². The Morgan fingerprint density at radius 3 is 3.00 bits per heavy atom. The lowest BCUT2D eigenvalue weighted by Crippen LogP contribution is -2.07. The Morgan fingerprint density at radius 1 is 1.64 bits per heavy atom. The summed E-state index contributed by atoms with van der Waals surface area (Å²) >= 11 is 3.62. The molecular formula is C10H18N2S2. The van der Waals surface area contributed by atoms with Crippen molar-refractivity contribution in [2.24, 2.45) is 0 Å². The van der Waals surface area contributed by atoms with E-state index in [0.29, 0.717) is 0 Å². The quantitative estimate of drug-likeness (QED) is 0.812. The summed E-state index contributed by atoms with van der Waals surface area (Å²) in [4.78, 5) is 4.45. The molecule has 0 radical (unpaired) electrons. The first-order chi connectivity index (χ1) is 6.76. The molecule has 4 heteroatoms. The monoisotopic (exact) mass is 230 g/mol. The lowest BCUT2D eigenvalue weighted by atomic mass is 10.3. The van der Waals surface area contributed by atoms with Crippen LogP contribution in [0.4, 0.5) is 5.13 Å². The molecule has 1 unspecified atom stereocenters. The molecule has 0 fully saturated rings. The van der Waals surface area contributed by atoms with Gasteiger partial charge in [0.25, 0.3) is 0 Å². The highest BCUT2D eigenvalue weighted by Crippen LogP contribution is 2.16. The van der Waals surface area contributed by atoms with Crippen LogP contribution in [0.15, 0.2) is 5.38 Å². The Kier molecular flexibility index (Phi) is 5.33. The molecule has 80 valence electrons. The largest absolute Gasteiger partial charge is 0.361 e. The van der Waals surface area contributed by atoms with E-state index in [9.17, 15) is 0 Å². The van der Waals surface area contributed by atoms with Crippen molar-refractivity contribution in [1.82, 2.24) is 4.98 Å². The lowest BCUT2D eigenvalue weighted by Gasteiger charge is -2.07. The van der Waals surface area contributed by atoms with Gasteiger partial charge in [-0.1, -0.05) is 13.8 Å². The van der Waals surface area contributed by atoms with Crippen LogP contribution in [0.25, 0.3) is 0 Å². The molecular weight excluding hydrogens is 212 g/mol. The summed E-state index contributed by atoms with van der Waals surface area (Å²) < 4.78 is 0. The number of aromatic nitrogens is 1. The van der Waals surface area contributed by atoms with Crippen molar-refractivity contribution in [2.45, 2.75) is 31.9 Å². The van der Waals surface area contributed by atoms with Gasteiger partial charge >= 0.3 is 0 Å². The van der Waals surface area contributed by atoms with Crippen LogP contribution in [0.5, 0.6) is 0 Å². The fraction of sp³-hybridized carbons (Fsp3) is 0.700. The van der Waals surface area contributed by atoms with Gasteiger partial charge in [-0.2, -0.15) is 11.8 Å². The molecule has 0 bridgehead atoms. The molecule has 1 aromatic rings. The smallest absolute Gasteiger partial charge is 0.182 e. The average molecular weight is 230 g/mol. The van der Waals surface area contributed by atoms with Gasteiger partial charge in [0.05, 0.1) is 5.69 Å². The first-order valence-electron chi connectivity index (χ1n) is 4.97. The molecule has 14 heavy (non-hydrogen) atoms. The summed E-state index contributed by atoms with van der Waals surface area (Å²) in [5.41, 5.74) is 1.19. The summed E-state index contributed by atoms with van der Waals surface area (Å²) in [6.07, 6.45) is 4.38. The molecule has 0 aliphatic carbocycles. The molecule has 0 aliphatic rings. The van der Waals surface area contributed by atoms with Gasteiger partial charge in [0.15, 0.2) is 5.13 Å². The number of nitrogens with one attached hydrogen (secondary N) is 1. The predicted molar refractivity (Wildman–Crippen MR) is 67.6 cm³/mol. The van der Waals surface area contributed by atoms with Crippen LogP contribution < -0.4 is 5.32 Å². The molecule has 0 saturated carbocycles. The summed E-state index contributed by atoms with van der Waals surface area (Å²) in [6.45, 7) is 5.42. The highest BCUT2D eigenvalue weighted by atomic mass is 32.2. The number of aryl methyl sites for hydroxylation is 1. The molecule has 1 heterocycles. The van der Waals surface area contributed by atoms with Crippen molar-refractivity contribution in [3.63, 3.8) is 0 Å². The fourth-order valence-corrected chi connectivity index (χ4v) is 2.23. The van der Waals surface area contributed by atoms with Gasteiger partial charge in [0.1, 0.15) is 0 Å². The van der Waals surface area contributed by atoms with Crippen LogP contribution in [0.1, 0.15) is 26.0 Å². The van der Waals surface area contributed by atoms with Gasteiger partial charge in [-0.15, -0.1) is 11.3 Å². The van der Waals surface area contributed by atoms with Gasteiger partial charge in [-0.05, 0) is 19.1 Å². The maximum absolute atomic E-state index is 4.45. The molecule has 0 saturated heterocycles. The van der Waals surface area contributed by atoms with Crippen LogP contribution in [0.2, 0.25) is 0 Å². The van der Waals surface area contributed by atoms with Gasteiger partial charge in [0.2, 0.25) is 0 Å². The average Bonchev–Trinajstić information content (AvgIpc) is 2.65. The van der Waals surface area contributed by atoms with Gasteiger partial charge < -0.3 is 5.32 Å². The molecule has 0 amide bonds. The van der Waals surface area contributed by atoms with Crippen LogP contribution in [0.3, 0.4) is 0 Å². The Hall–Kier alpha value is -0.220. The first-order valence-corrected chi connectivity index (χ1v) is 7.14. The van der Waals surface area contributed by atoms with Crippen molar-refractivity contribution in [3.05, 3.63) is 11.1 Å². The van der Waals surface area contributed by atoms with E-state index < -0.39 is 0 Å². The van der Waals surface area contributed by atoms with Crippen molar-refractivity contribution in [2.75, 3.05) is 18.1 Å².